The highest BCUT2D eigenvalue weighted by Crippen LogP contribution is 2.36. The van der Waals surface area contributed by atoms with E-state index in [0.29, 0.717) is 5.69 Å². The van der Waals surface area contributed by atoms with Crippen LogP contribution in [0.4, 0.5) is 13.2 Å². The first kappa shape index (κ1) is 22.9. The fraction of sp³-hybridized carbons (Fsp3) is 0.190. The van der Waals surface area contributed by atoms with Crippen molar-refractivity contribution < 1.29 is 26.4 Å². The third kappa shape index (κ3) is 4.62. The molecule has 2 aromatic carbocycles. The standard InChI is InChI=1S/C21H18ClF3N2O3S/c1-12-4-7-16(8-5-12)31(29,30)26-20(28)17-10-13(2)27(14(17)3)15-6-9-19(22)18(11-15)21(23,24)25/h4-11H,1-3H3,(H,26,28). The van der Waals surface area contributed by atoms with Crippen LogP contribution in [0, 0.1) is 20.8 Å². The molecule has 3 aromatic rings. The summed E-state index contributed by atoms with van der Waals surface area (Å²) < 4.78 is 68.1. The summed E-state index contributed by atoms with van der Waals surface area (Å²) in [5.41, 5.74) is 0.751. The van der Waals surface area contributed by atoms with Crippen molar-refractivity contribution in [3.05, 3.63) is 81.6 Å². The van der Waals surface area contributed by atoms with Gasteiger partial charge in [-0.25, -0.2) is 13.1 Å². The SMILES string of the molecule is Cc1ccc(S(=O)(=O)NC(=O)c2cc(C)n(-c3ccc(Cl)c(C(F)(F)F)c3)c2C)cc1. The summed E-state index contributed by atoms with van der Waals surface area (Å²) in [6.07, 6.45) is -4.65. The summed E-state index contributed by atoms with van der Waals surface area (Å²) in [4.78, 5) is 12.6. The molecule has 10 heteroatoms. The van der Waals surface area contributed by atoms with Gasteiger partial charge in [0.15, 0.2) is 0 Å². The van der Waals surface area contributed by atoms with E-state index >= 15 is 0 Å². The molecule has 5 nitrogen and oxygen atoms in total. The zero-order chi connectivity index (χ0) is 23.1. The van der Waals surface area contributed by atoms with Crippen molar-refractivity contribution in [2.75, 3.05) is 0 Å². The van der Waals surface area contributed by atoms with Crippen LogP contribution in [0.1, 0.15) is 32.9 Å². The zero-order valence-corrected chi connectivity index (χ0v) is 18.3. The van der Waals surface area contributed by atoms with E-state index in [2.05, 4.69) is 0 Å². The minimum absolute atomic E-state index is 0.0247. The van der Waals surface area contributed by atoms with Gasteiger partial charge in [0.2, 0.25) is 0 Å². The van der Waals surface area contributed by atoms with Gasteiger partial charge in [-0.3, -0.25) is 4.79 Å². The van der Waals surface area contributed by atoms with E-state index in [0.717, 1.165) is 17.7 Å². The number of hydrogen-bond acceptors (Lipinski definition) is 3. The van der Waals surface area contributed by atoms with Gasteiger partial charge >= 0.3 is 6.18 Å². The van der Waals surface area contributed by atoms with Gasteiger partial charge < -0.3 is 4.57 Å². The summed E-state index contributed by atoms with van der Waals surface area (Å²) in [7, 11) is -4.12. The summed E-state index contributed by atoms with van der Waals surface area (Å²) in [5.74, 6) is -0.884. The molecule has 0 aliphatic heterocycles. The van der Waals surface area contributed by atoms with E-state index < -0.39 is 32.7 Å². The molecule has 1 aromatic heterocycles. The van der Waals surface area contributed by atoms with Crippen LogP contribution in [0.15, 0.2) is 53.4 Å². The molecule has 0 aliphatic carbocycles. The number of amides is 1. The highest BCUT2D eigenvalue weighted by Gasteiger charge is 2.34. The number of aromatic nitrogens is 1. The maximum absolute atomic E-state index is 13.2. The van der Waals surface area contributed by atoms with Crippen LogP contribution >= 0.6 is 11.6 Å². The summed E-state index contributed by atoms with van der Waals surface area (Å²) in [6, 6.07) is 10.8. The maximum atomic E-state index is 13.2. The third-order valence-electron chi connectivity index (χ3n) is 4.75. The molecule has 1 heterocycles. The second kappa shape index (κ2) is 8.05. The van der Waals surface area contributed by atoms with Crippen molar-refractivity contribution in [1.82, 2.24) is 9.29 Å². The van der Waals surface area contributed by atoms with Crippen molar-refractivity contribution in [1.29, 1.82) is 0 Å². The lowest BCUT2D eigenvalue weighted by Gasteiger charge is -2.14. The van der Waals surface area contributed by atoms with Crippen LogP contribution in [0.2, 0.25) is 5.02 Å². The smallest absolute Gasteiger partial charge is 0.318 e. The molecule has 0 radical (unpaired) electrons. The molecule has 1 N–H and O–H groups in total. The lowest BCUT2D eigenvalue weighted by molar-refractivity contribution is -0.137. The molecule has 0 aliphatic rings. The summed E-state index contributed by atoms with van der Waals surface area (Å²) in [6.45, 7) is 4.91. The van der Waals surface area contributed by atoms with Gasteiger partial charge in [0.25, 0.3) is 15.9 Å². The van der Waals surface area contributed by atoms with E-state index in [-0.39, 0.29) is 21.8 Å². The zero-order valence-electron chi connectivity index (χ0n) is 16.7. The largest absolute Gasteiger partial charge is 0.417 e. The quantitative estimate of drug-likeness (QED) is 0.570. The number of aryl methyl sites for hydroxylation is 2. The first-order valence-electron chi connectivity index (χ1n) is 9.01. The van der Waals surface area contributed by atoms with Crippen molar-refractivity contribution in [2.24, 2.45) is 0 Å². The number of hydrogen-bond donors (Lipinski definition) is 1. The van der Waals surface area contributed by atoms with Crippen molar-refractivity contribution >= 4 is 27.5 Å². The average Bonchev–Trinajstić information content (AvgIpc) is 2.96. The summed E-state index contributed by atoms with van der Waals surface area (Å²) in [5, 5.41) is -0.444. The number of carbonyl (C=O) groups excluding carboxylic acids is 1. The van der Waals surface area contributed by atoms with Gasteiger partial charge in [-0.15, -0.1) is 0 Å². The number of rotatable bonds is 4. The Morgan fingerprint density at radius 2 is 1.61 bits per heavy atom. The summed E-state index contributed by atoms with van der Waals surface area (Å²) >= 11 is 5.68. The van der Waals surface area contributed by atoms with Crippen LogP contribution in [0.5, 0.6) is 0 Å². The minimum Gasteiger partial charge on any atom is -0.318 e. The van der Waals surface area contributed by atoms with Gasteiger partial charge in [0.05, 0.1) is 21.0 Å². The first-order valence-corrected chi connectivity index (χ1v) is 10.9. The molecule has 0 unspecified atom stereocenters. The van der Waals surface area contributed by atoms with E-state index in [1.165, 1.54) is 35.8 Å². The molecule has 0 atom stereocenters. The fourth-order valence-electron chi connectivity index (χ4n) is 3.21. The topological polar surface area (TPSA) is 68.2 Å². The van der Waals surface area contributed by atoms with Crippen molar-refractivity contribution in [3.8, 4) is 5.69 Å². The van der Waals surface area contributed by atoms with Crippen LogP contribution in [0.3, 0.4) is 0 Å². The fourth-order valence-corrected chi connectivity index (χ4v) is 4.40. The number of nitrogens with zero attached hydrogens (tertiary/aromatic N) is 1. The molecule has 0 bridgehead atoms. The van der Waals surface area contributed by atoms with Crippen LogP contribution < -0.4 is 4.72 Å². The number of halogens is 4. The molecular weight excluding hydrogens is 453 g/mol. The molecule has 1 amide bonds. The predicted molar refractivity (Wildman–Crippen MR) is 111 cm³/mol. The highest BCUT2D eigenvalue weighted by atomic mass is 35.5. The second-order valence-electron chi connectivity index (χ2n) is 7.03. The Morgan fingerprint density at radius 3 is 2.19 bits per heavy atom. The molecule has 0 saturated carbocycles. The lowest BCUT2D eigenvalue weighted by atomic mass is 10.2. The number of carbonyl (C=O) groups is 1. The van der Waals surface area contributed by atoms with E-state index in [1.54, 1.807) is 26.0 Å². The number of benzene rings is 2. The molecule has 31 heavy (non-hydrogen) atoms. The van der Waals surface area contributed by atoms with Crippen LogP contribution in [-0.4, -0.2) is 18.9 Å². The normalized spacial score (nSPS) is 12.1. The molecule has 0 saturated heterocycles. The molecule has 0 fully saturated rings. The van der Waals surface area contributed by atoms with Gasteiger partial charge in [0.1, 0.15) is 0 Å². The number of sulfonamides is 1. The molecule has 0 spiro atoms. The van der Waals surface area contributed by atoms with E-state index in [9.17, 15) is 26.4 Å². The highest BCUT2D eigenvalue weighted by molar-refractivity contribution is 7.90. The van der Waals surface area contributed by atoms with E-state index in [1.807, 2.05) is 4.72 Å². The number of nitrogens with one attached hydrogen (secondary N) is 1. The van der Waals surface area contributed by atoms with Gasteiger partial charge in [-0.05, 0) is 57.2 Å². The lowest BCUT2D eigenvalue weighted by Crippen LogP contribution is -2.30. The second-order valence-corrected chi connectivity index (χ2v) is 9.12. The minimum atomic E-state index is -4.65. The predicted octanol–water partition coefficient (Wildman–Crippen LogP) is 5.19. The average molecular weight is 471 g/mol. The third-order valence-corrected chi connectivity index (χ3v) is 6.42. The van der Waals surface area contributed by atoms with Crippen LogP contribution in [0.25, 0.3) is 5.69 Å². The Balaban J connectivity index is 1.98. The maximum Gasteiger partial charge on any atom is 0.417 e. The van der Waals surface area contributed by atoms with Crippen molar-refractivity contribution in [2.45, 2.75) is 31.8 Å². The Bertz CT molecular complexity index is 1260. The van der Waals surface area contributed by atoms with Gasteiger partial charge in [0, 0.05) is 17.1 Å². The molecule has 3 rings (SSSR count). The monoisotopic (exact) mass is 470 g/mol. The molecular formula is C21H18ClF3N2O3S. The number of alkyl halides is 3. The first-order chi connectivity index (χ1) is 14.3. The van der Waals surface area contributed by atoms with Gasteiger partial charge in [-0.1, -0.05) is 29.3 Å². The van der Waals surface area contributed by atoms with Crippen LogP contribution in [-0.2, 0) is 16.2 Å². The Hall–Kier alpha value is -2.78. The Labute approximate surface area is 182 Å². The molecule has 164 valence electrons. The van der Waals surface area contributed by atoms with Gasteiger partial charge in [-0.2, -0.15) is 13.2 Å². The Kier molecular flexibility index (Phi) is 5.94. The Morgan fingerprint density at radius 1 is 1.00 bits per heavy atom. The van der Waals surface area contributed by atoms with E-state index in [4.69, 9.17) is 11.6 Å². The van der Waals surface area contributed by atoms with Crippen molar-refractivity contribution in [3.63, 3.8) is 0 Å².